The molecule has 3 N–H and O–H groups in total. The Bertz CT molecular complexity index is 1080. The molecule has 0 spiro atoms. The van der Waals surface area contributed by atoms with Crippen molar-refractivity contribution in [3.63, 3.8) is 0 Å². The number of esters is 1. The Morgan fingerprint density at radius 2 is 0.883 bits per heavy atom. The first-order valence-corrected chi connectivity index (χ1v) is 25.5. The summed E-state index contributed by atoms with van der Waals surface area (Å²) < 4.78 is 5.90. The zero-order chi connectivity index (χ0) is 43.8. The van der Waals surface area contributed by atoms with Crippen LogP contribution in [-0.4, -0.2) is 46.9 Å². The van der Waals surface area contributed by atoms with Crippen LogP contribution in [0.4, 0.5) is 0 Å². The molecule has 3 atom stereocenters. The molecule has 0 saturated heterocycles. The van der Waals surface area contributed by atoms with Crippen molar-refractivity contribution in [1.29, 1.82) is 0 Å². The number of unbranched alkanes of at least 4 members (excludes halogenated alkanes) is 23. The molecule has 3 unspecified atom stereocenters. The van der Waals surface area contributed by atoms with Gasteiger partial charge in [0.15, 0.2) is 0 Å². The zero-order valence-corrected chi connectivity index (χ0v) is 39.6. The number of carbonyl (C=O) groups excluding carboxylic acids is 2. The van der Waals surface area contributed by atoms with Gasteiger partial charge < -0.3 is 20.3 Å². The summed E-state index contributed by atoms with van der Waals surface area (Å²) in [5.74, 6) is -0.539. The molecule has 0 heterocycles. The lowest BCUT2D eigenvalue weighted by Gasteiger charge is -2.24. The highest BCUT2D eigenvalue weighted by Gasteiger charge is 2.24. The first-order valence-electron chi connectivity index (χ1n) is 25.5. The molecule has 0 fully saturated rings. The minimum atomic E-state index is -0.796. The fourth-order valence-corrected chi connectivity index (χ4v) is 7.52. The van der Waals surface area contributed by atoms with Crippen LogP contribution in [0.25, 0.3) is 0 Å². The fourth-order valence-electron chi connectivity index (χ4n) is 7.52. The maximum Gasteiger partial charge on any atom is 0.306 e. The molecule has 0 aromatic rings. The number of ether oxygens (including phenoxy) is 1. The Morgan fingerprint density at radius 1 is 0.500 bits per heavy atom. The second kappa shape index (κ2) is 47.6. The van der Waals surface area contributed by atoms with Crippen molar-refractivity contribution in [1.82, 2.24) is 5.32 Å². The van der Waals surface area contributed by atoms with Crippen LogP contribution in [0.2, 0.25) is 0 Å². The van der Waals surface area contributed by atoms with E-state index in [4.69, 9.17) is 4.74 Å². The summed E-state index contributed by atoms with van der Waals surface area (Å²) >= 11 is 0. The van der Waals surface area contributed by atoms with Crippen LogP contribution in [0.1, 0.15) is 245 Å². The number of rotatable bonds is 45. The number of nitrogens with one attached hydrogen (secondary N) is 1. The average molecular weight is 840 g/mol. The molecule has 0 aliphatic rings. The highest BCUT2D eigenvalue weighted by molar-refractivity contribution is 5.77. The smallest absolute Gasteiger partial charge is 0.306 e. The molecule has 0 radical (unpaired) electrons. The normalized spacial score (nSPS) is 13.8. The van der Waals surface area contributed by atoms with E-state index < -0.39 is 18.2 Å². The van der Waals surface area contributed by atoms with Gasteiger partial charge in [-0.25, -0.2) is 0 Å². The third kappa shape index (κ3) is 42.3. The van der Waals surface area contributed by atoms with Crippen molar-refractivity contribution < 1.29 is 24.5 Å². The van der Waals surface area contributed by atoms with Crippen molar-refractivity contribution in [3.05, 3.63) is 60.8 Å². The standard InChI is InChI=1S/C54H97NO5/c1-4-7-10-13-16-19-22-24-25-26-27-29-32-35-38-41-44-47-54(59)60-50(45-42-39-36-33-31-28-23-20-17-14-11-8-5-2)48-53(58)55-51(49-56)52(57)46-43-40-37-34-30-21-18-15-12-9-6-3/h7,10,16,19,24-25,27,29,35,38,50-52,56-57H,4-6,8-9,11-15,17-18,20-23,26,28,30-34,36-37,39-49H2,1-3H3,(H,55,58)/b10-7-,19-16-,25-24-,29-27-,38-35-. The van der Waals surface area contributed by atoms with Crippen LogP contribution in [0.3, 0.4) is 0 Å². The Balaban J connectivity index is 4.66. The molecule has 0 saturated carbocycles. The van der Waals surface area contributed by atoms with E-state index in [-0.39, 0.29) is 24.9 Å². The van der Waals surface area contributed by atoms with E-state index >= 15 is 0 Å². The predicted octanol–water partition coefficient (Wildman–Crippen LogP) is 15.2. The van der Waals surface area contributed by atoms with E-state index in [2.05, 4.69) is 86.8 Å². The summed E-state index contributed by atoms with van der Waals surface area (Å²) in [6.07, 6.45) is 58.5. The van der Waals surface area contributed by atoms with E-state index in [1.807, 2.05) is 0 Å². The van der Waals surface area contributed by atoms with Gasteiger partial charge in [0.2, 0.25) is 5.91 Å². The van der Waals surface area contributed by atoms with Crippen LogP contribution in [-0.2, 0) is 14.3 Å². The van der Waals surface area contributed by atoms with Crippen molar-refractivity contribution in [2.24, 2.45) is 0 Å². The summed E-state index contributed by atoms with van der Waals surface area (Å²) in [4.78, 5) is 26.1. The van der Waals surface area contributed by atoms with Crippen LogP contribution in [0, 0.1) is 0 Å². The largest absolute Gasteiger partial charge is 0.462 e. The molecule has 0 aromatic heterocycles. The summed E-state index contributed by atoms with van der Waals surface area (Å²) in [6, 6.07) is -0.711. The van der Waals surface area contributed by atoms with E-state index in [0.717, 1.165) is 77.0 Å². The van der Waals surface area contributed by atoms with Crippen molar-refractivity contribution in [2.45, 2.75) is 264 Å². The number of aliphatic hydroxyl groups is 2. The average Bonchev–Trinajstić information content (AvgIpc) is 3.24. The van der Waals surface area contributed by atoms with Gasteiger partial charge in [-0.15, -0.1) is 0 Å². The predicted molar refractivity (Wildman–Crippen MR) is 259 cm³/mol. The van der Waals surface area contributed by atoms with Crippen molar-refractivity contribution >= 4 is 11.9 Å². The Morgan fingerprint density at radius 3 is 1.30 bits per heavy atom. The van der Waals surface area contributed by atoms with Crippen molar-refractivity contribution in [2.75, 3.05) is 6.61 Å². The molecular weight excluding hydrogens is 743 g/mol. The molecule has 1 amide bonds. The molecule has 348 valence electrons. The second-order valence-corrected chi connectivity index (χ2v) is 17.2. The number of hydrogen-bond acceptors (Lipinski definition) is 5. The molecular formula is C54H97NO5. The van der Waals surface area contributed by atoms with Crippen LogP contribution >= 0.6 is 0 Å². The zero-order valence-electron chi connectivity index (χ0n) is 39.6. The molecule has 0 aliphatic heterocycles. The van der Waals surface area contributed by atoms with Gasteiger partial charge in [0.25, 0.3) is 0 Å². The summed E-state index contributed by atoms with van der Waals surface area (Å²) in [7, 11) is 0. The lowest BCUT2D eigenvalue weighted by Crippen LogP contribution is -2.46. The highest BCUT2D eigenvalue weighted by atomic mass is 16.5. The van der Waals surface area contributed by atoms with Crippen LogP contribution < -0.4 is 5.32 Å². The molecule has 0 aliphatic carbocycles. The van der Waals surface area contributed by atoms with Gasteiger partial charge in [-0.3, -0.25) is 9.59 Å². The first-order chi connectivity index (χ1) is 29.5. The summed E-state index contributed by atoms with van der Waals surface area (Å²) in [6.45, 7) is 6.35. The number of amides is 1. The van der Waals surface area contributed by atoms with E-state index in [0.29, 0.717) is 25.7 Å². The minimum Gasteiger partial charge on any atom is -0.462 e. The quantitative estimate of drug-likeness (QED) is 0.0322. The number of allylic oxidation sites excluding steroid dienone is 10. The maximum absolute atomic E-state index is 13.2. The lowest BCUT2D eigenvalue weighted by molar-refractivity contribution is -0.151. The Labute approximate surface area is 371 Å². The second-order valence-electron chi connectivity index (χ2n) is 17.2. The lowest BCUT2D eigenvalue weighted by atomic mass is 10.0. The summed E-state index contributed by atoms with van der Waals surface area (Å²) in [5, 5.41) is 23.7. The van der Waals surface area contributed by atoms with Gasteiger partial charge in [-0.05, 0) is 64.2 Å². The van der Waals surface area contributed by atoms with Crippen LogP contribution in [0.15, 0.2) is 60.8 Å². The molecule has 6 nitrogen and oxygen atoms in total. The molecule has 0 aromatic carbocycles. The molecule has 0 rings (SSSR count). The molecule has 0 bridgehead atoms. The Kier molecular flexibility index (Phi) is 45.7. The molecule has 6 heteroatoms. The van der Waals surface area contributed by atoms with Crippen molar-refractivity contribution in [3.8, 4) is 0 Å². The van der Waals surface area contributed by atoms with Gasteiger partial charge in [0, 0.05) is 6.42 Å². The van der Waals surface area contributed by atoms with Gasteiger partial charge in [-0.1, -0.05) is 229 Å². The maximum atomic E-state index is 13.2. The Hall–Kier alpha value is -2.44. The third-order valence-electron chi connectivity index (χ3n) is 11.4. The number of carbonyl (C=O) groups is 2. The topological polar surface area (TPSA) is 95.9 Å². The van der Waals surface area contributed by atoms with E-state index in [1.54, 1.807) is 0 Å². The SMILES string of the molecule is CC/C=C\C/C=C\C/C=C\C/C=C\C/C=C\CCCC(=O)OC(CCCCCCCCCCCCCCC)CC(=O)NC(CO)C(O)CCCCCCCCCCCCC. The fraction of sp³-hybridized carbons (Fsp3) is 0.778. The van der Waals surface area contributed by atoms with Gasteiger partial charge in [0.05, 0.1) is 25.2 Å². The third-order valence-corrected chi connectivity index (χ3v) is 11.4. The monoisotopic (exact) mass is 840 g/mol. The van der Waals surface area contributed by atoms with Crippen LogP contribution in [0.5, 0.6) is 0 Å². The summed E-state index contributed by atoms with van der Waals surface area (Å²) in [5.41, 5.74) is 0. The number of hydrogen-bond donors (Lipinski definition) is 3. The molecule has 60 heavy (non-hydrogen) atoms. The number of aliphatic hydroxyl groups excluding tert-OH is 2. The highest BCUT2D eigenvalue weighted by Crippen LogP contribution is 2.18. The van der Waals surface area contributed by atoms with Gasteiger partial charge in [-0.2, -0.15) is 0 Å². The van der Waals surface area contributed by atoms with Gasteiger partial charge in [0.1, 0.15) is 6.10 Å². The minimum absolute atomic E-state index is 0.0560. The first kappa shape index (κ1) is 57.6. The van der Waals surface area contributed by atoms with E-state index in [9.17, 15) is 19.8 Å². The van der Waals surface area contributed by atoms with E-state index in [1.165, 1.54) is 116 Å². The van der Waals surface area contributed by atoms with Gasteiger partial charge >= 0.3 is 5.97 Å².